The second-order valence-corrected chi connectivity index (χ2v) is 25.9. The van der Waals surface area contributed by atoms with Gasteiger partial charge in [0.15, 0.2) is 0 Å². The zero-order valence-corrected chi connectivity index (χ0v) is 48.3. The van der Waals surface area contributed by atoms with Crippen molar-refractivity contribution in [3.8, 4) is 11.1 Å². The van der Waals surface area contributed by atoms with Gasteiger partial charge in [-0.15, -0.1) is 0 Å². The molecule has 6 saturated heterocycles. The molecule has 0 unspecified atom stereocenters. The Morgan fingerprint density at radius 3 is 2.50 bits per heavy atom. The summed E-state index contributed by atoms with van der Waals surface area (Å²) in [4.78, 5) is 71.5. The van der Waals surface area contributed by atoms with E-state index in [1.807, 2.05) is 82.1 Å². The summed E-state index contributed by atoms with van der Waals surface area (Å²) in [6, 6.07) is 10.9. The fraction of sp³-hybridized carbons (Fsp3) is 0.656. The van der Waals surface area contributed by atoms with Crippen LogP contribution >= 0.6 is 0 Å². The SMILES string of the molecule is CO[C@@H](C)C1=C(c2c3c4cc(ccc4n2CC(F)(F)F)-c2cccc(c2)C[C@H](NC(=O)[C@H](C(C)C)N2CCOC4(CN(C(=O)[C@@H]5N[C@@H]5C5CC5)C4)C2)C(=O)N2CCC[C@H](N2)C(=O)OCC(C)(C)C3)C[C@@H](N2CCN3CCOC[C@@H]3C2)C=N1. The molecule has 9 aliphatic rings. The quantitative estimate of drug-likeness (QED) is 0.176. The third-order valence-electron chi connectivity index (χ3n) is 18.7. The molecule has 1 spiro atoms. The number of fused-ring (bicyclic) bond motifs is 7. The van der Waals surface area contributed by atoms with E-state index in [4.69, 9.17) is 23.9 Å². The number of morpholine rings is 2. The lowest BCUT2D eigenvalue weighted by molar-refractivity contribution is -0.197. The van der Waals surface area contributed by atoms with Crippen LogP contribution in [0.2, 0.25) is 0 Å². The van der Waals surface area contributed by atoms with Gasteiger partial charge < -0.3 is 33.7 Å². The number of nitrogens with zero attached hydrogens (tertiary/aromatic N) is 7. The standard InChI is InChI=1S/C61H81F3N10O8/c1-36(2)53(71-20-22-82-60(31-71)32-72(33-60)57(77)52-51(67-52)39-12-13-39)55(75)66-48-24-38-9-7-10-40(23-38)41-14-15-49-44(25-41)46(27-59(4,5)35-81-58(78)47-11-8-16-74(68-47)56(48)76)54(73(49)34-61(62,63)64)45-26-42(28-65-50(45)37(3)79-6)70-18-17-69-19-21-80-30-43(69)29-70/h7,9-10,14-15,23,25,28,36-37,39,42-43,47-48,51-53,67-68H,8,11-13,16-22,24,26-27,29-35H2,1-6H3,(H,66,75)/t37-,42+,43-,47-,48-,51+,52+,53-/m0/s1. The molecule has 1 aromatic heterocycles. The summed E-state index contributed by atoms with van der Waals surface area (Å²) in [5, 5.41) is 8.65. The van der Waals surface area contributed by atoms with Crippen LogP contribution in [0.5, 0.6) is 0 Å². The lowest BCUT2D eigenvalue weighted by Gasteiger charge is -2.55. The lowest BCUT2D eigenvalue weighted by atomic mass is 9.83. The number of cyclic esters (lactones) is 1. The smallest absolute Gasteiger partial charge is 0.406 e. The van der Waals surface area contributed by atoms with E-state index in [1.54, 1.807) is 13.2 Å². The predicted molar refractivity (Wildman–Crippen MR) is 302 cm³/mol. The van der Waals surface area contributed by atoms with Gasteiger partial charge in [-0.2, -0.15) is 13.2 Å². The van der Waals surface area contributed by atoms with E-state index in [1.165, 1.54) is 22.4 Å². The summed E-state index contributed by atoms with van der Waals surface area (Å²) in [5.74, 6) is -0.710. The van der Waals surface area contributed by atoms with Crippen molar-refractivity contribution < 1.29 is 51.3 Å². The number of amides is 3. The number of aliphatic imine (C=N–C) groups is 1. The van der Waals surface area contributed by atoms with Gasteiger partial charge in [0.25, 0.3) is 5.91 Å². The molecule has 3 N–H and O–H groups in total. The maximum atomic E-state index is 15.3. The number of esters is 1. The monoisotopic (exact) mass is 1140 g/mol. The first kappa shape index (κ1) is 57.2. The van der Waals surface area contributed by atoms with Gasteiger partial charge in [0.2, 0.25) is 11.8 Å². The molecule has 82 heavy (non-hydrogen) atoms. The number of piperazine rings is 1. The van der Waals surface area contributed by atoms with Crippen molar-refractivity contribution in [3.63, 3.8) is 0 Å². The van der Waals surface area contributed by atoms with E-state index in [-0.39, 0.29) is 61.3 Å². The van der Waals surface area contributed by atoms with Crippen LogP contribution in [0.25, 0.3) is 27.6 Å². The number of carbonyl (C=O) groups excluding carboxylic acids is 4. The van der Waals surface area contributed by atoms with Crippen molar-refractivity contribution in [1.29, 1.82) is 0 Å². The second-order valence-electron chi connectivity index (χ2n) is 25.9. The number of halogens is 3. The summed E-state index contributed by atoms with van der Waals surface area (Å²) >= 11 is 0. The van der Waals surface area contributed by atoms with Crippen LogP contribution in [0.15, 0.2) is 53.2 Å². The minimum absolute atomic E-state index is 0.0645. The number of hydrogen-bond acceptors (Lipinski definition) is 14. The number of ether oxygens (including phenoxy) is 4. The van der Waals surface area contributed by atoms with Crippen molar-refractivity contribution in [2.24, 2.45) is 22.2 Å². The van der Waals surface area contributed by atoms with Gasteiger partial charge in [0.1, 0.15) is 30.3 Å². The average Bonchev–Trinajstić information content (AvgIpc) is 3.21. The first-order valence-corrected chi connectivity index (χ1v) is 29.9. The molecule has 12 rings (SSSR count). The van der Waals surface area contributed by atoms with Crippen LogP contribution in [0.3, 0.4) is 0 Å². The molecule has 1 saturated carbocycles. The number of benzene rings is 2. The molecule has 3 amide bonds. The molecule has 18 nitrogen and oxygen atoms in total. The van der Waals surface area contributed by atoms with E-state index in [9.17, 15) is 14.4 Å². The van der Waals surface area contributed by atoms with Gasteiger partial charge in [-0.1, -0.05) is 58.0 Å². The summed E-state index contributed by atoms with van der Waals surface area (Å²) in [7, 11) is 1.58. The Hall–Kier alpha value is -5.26. The van der Waals surface area contributed by atoms with Gasteiger partial charge >= 0.3 is 12.1 Å². The number of alkyl halides is 3. The minimum atomic E-state index is -4.60. The van der Waals surface area contributed by atoms with Crippen molar-refractivity contribution in [2.75, 3.05) is 92.4 Å². The van der Waals surface area contributed by atoms with E-state index >= 15 is 18.0 Å². The number of aromatic nitrogens is 1. The van der Waals surface area contributed by atoms with Gasteiger partial charge in [-0.3, -0.25) is 49.2 Å². The zero-order valence-electron chi connectivity index (χ0n) is 48.3. The van der Waals surface area contributed by atoms with Crippen LogP contribution in [0, 0.1) is 17.3 Å². The van der Waals surface area contributed by atoms with Gasteiger partial charge in [-0.05, 0) is 91.7 Å². The van der Waals surface area contributed by atoms with E-state index < -0.39 is 59.8 Å². The Labute approximate surface area is 478 Å². The molecule has 8 atom stereocenters. The van der Waals surface area contributed by atoms with Crippen molar-refractivity contribution in [3.05, 3.63) is 65.0 Å². The largest absolute Gasteiger partial charge is 0.464 e. The van der Waals surface area contributed by atoms with Gasteiger partial charge in [0.05, 0.1) is 63.1 Å². The number of methoxy groups -OCH3 is 1. The number of carbonyl (C=O) groups is 4. The van der Waals surface area contributed by atoms with Gasteiger partial charge in [0, 0.05) is 106 Å². The molecule has 21 heteroatoms. The summed E-state index contributed by atoms with van der Waals surface area (Å²) in [6.45, 7) is 15.6. The maximum absolute atomic E-state index is 15.3. The number of hydrazine groups is 1. The number of likely N-dealkylation sites (tertiary alicyclic amines) is 1. The maximum Gasteiger partial charge on any atom is 0.406 e. The molecule has 8 aliphatic heterocycles. The van der Waals surface area contributed by atoms with Gasteiger partial charge in [-0.25, -0.2) is 5.43 Å². The van der Waals surface area contributed by atoms with Crippen molar-refractivity contribution >= 4 is 46.4 Å². The Bertz CT molecular complexity index is 3010. The van der Waals surface area contributed by atoms with E-state index in [0.717, 1.165) is 42.9 Å². The van der Waals surface area contributed by atoms with Crippen LogP contribution in [0.4, 0.5) is 13.2 Å². The highest BCUT2D eigenvalue weighted by molar-refractivity contribution is 5.96. The Kier molecular flexibility index (Phi) is 15.8. The average molecular weight is 1140 g/mol. The fourth-order valence-electron chi connectivity index (χ4n) is 14.3. The highest BCUT2D eigenvalue weighted by Gasteiger charge is 2.57. The normalized spacial score (nSPS) is 29.0. The summed E-state index contributed by atoms with van der Waals surface area (Å²) in [6.07, 6.45) is 0.765. The number of rotatable bonds is 11. The van der Waals surface area contributed by atoms with E-state index in [0.29, 0.717) is 111 Å². The molecule has 2 aromatic carbocycles. The Morgan fingerprint density at radius 2 is 1.73 bits per heavy atom. The van der Waals surface area contributed by atoms with Crippen LogP contribution in [0.1, 0.15) is 83.5 Å². The molecule has 3 aromatic rings. The minimum Gasteiger partial charge on any atom is -0.464 e. The fourth-order valence-corrected chi connectivity index (χ4v) is 14.3. The highest BCUT2D eigenvalue weighted by atomic mass is 19.4. The molecule has 6 bridgehead atoms. The van der Waals surface area contributed by atoms with Crippen LogP contribution in [-0.4, -0.2) is 212 Å². The van der Waals surface area contributed by atoms with Crippen molar-refractivity contribution in [2.45, 2.75) is 146 Å². The Morgan fingerprint density at radius 1 is 0.939 bits per heavy atom. The number of hydrogen-bond donors (Lipinski definition) is 3. The molecule has 1 aliphatic carbocycles. The molecule has 9 heterocycles. The summed E-state index contributed by atoms with van der Waals surface area (Å²) < 4.78 is 71.6. The molecule has 444 valence electrons. The Balaban J connectivity index is 0.886. The van der Waals surface area contributed by atoms with Crippen LogP contribution in [-0.2, 0) is 57.5 Å². The first-order chi connectivity index (χ1) is 39.2. The van der Waals surface area contributed by atoms with Crippen molar-refractivity contribution in [1.82, 2.24) is 45.2 Å². The molecule has 0 radical (unpaired) electrons. The summed E-state index contributed by atoms with van der Waals surface area (Å²) in [5.41, 5.74) is 6.86. The third-order valence-corrected chi connectivity index (χ3v) is 18.7. The number of nitrogens with one attached hydrogen (secondary N) is 3. The zero-order chi connectivity index (χ0) is 57.4. The molecule has 7 fully saturated rings. The second kappa shape index (κ2) is 22.6. The van der Waals surface area contributed by atoms with Crippen LogP contribution < -0.4 is 16.1 Å². The lowest BCUT2D eigenvalue weighted by Crippen LogP contribution is -2.73. The third kappa shape index (κ3) is 11.8. The highest BCUT2D eigenvalue weighted by Crippen LogP contribution is 2.45. The topological polar surface area (TPSA) is 185 Å². The molecular weight excluding hydrogens is 1060 g/mol. The first-order valence-electron chi connectivity index (χ1n) is 29.9. The molecular formula is C61H81F3N10O8. The van der Waals surface area contributed by atoms with E-state index in [2.05, 4.69) is 30.8 Å². The predicted octanol–water partition coefficient (Wildman–Crippen LogP) is 4.81.